The molecular weight excluding hydrogens is 252 g/mol. The summed E-state index contributed by atoms with van der Waals surface area (Å²) in [6, 6.07) is -0.0518. The Morgan fingerprint density at radius 3 is 2.78 bits per heavy atom. The number of rotatable bonds is 7. The van der Waals surface area contributed by atoms with Crippen LogP contribution in [0.4, 0.5) is 0 Å². The van der Waals surface area contributed by atoms with Crippen LogP contribution < -0.4 is 0 Å². The monoisotopic (exact) mass is 270 g/mol. The molecule has 1 unspecified atom stereocenters. The van der Waals surface area contributed by atoms with E-state index >= 15 is 0 Å². The molecule has 0 aliphatic rings. The van der Waals surface area contributed by atoms with Crippen LogP contribution in [0.25, 0.3) is 0 Å². The van der Waals surface area contributed by atoms with Gasteiger partial charge in [-0.25, -0.2) is 4.98 Å². The second-order valence-electron chi connectivity index (χ2n) is 4.15. The van der Waals surface area contributed by atoms with Crippen molar-refractivity contribution >= 4 is 23.2 Å². The fraction of sp³-hybridized carbons (Fsp3) is 0.583. The number of carboxylic acid groups (broad SMARTS) is 1. The van der Waals surface area contributed by atoms with E-state index in [1.165, 1.54) is 16.2 Å². The van der Waals surface area contributed by atoms with E-state index in [9.17, 15) is 9.59 Å². The molecule has 6 heteroatoms. The molecular formula is C12H18N2O3S. The third kappa shape index (κ3) is 4.44. The van der Waals surface area contributed by atoms with E-state index in [0.717, 1.165) is 12.1 Å². The summed E-state index contributed by atoms with van der Waals surface area (Å²) in [5, 5.41) is 10.7. The van der Waals surface area contributed by atoms with Crippen molar-refractivity contribution in [1.82, 2.24) is 9.88 Å². The minimum atomic E-state index is -0.975. The molecule has 100 valence electrons. The lowest BCUT2D eigenvalue weighted by atomic mass is 10.1. The summed E-state index contributed by atoms with van der Waals surface area (Å²) in [6.45, 7) is 3.57. The Labute approximate surface area is 110 Å². The number of carbonyl (C=O) groups excluding carboxylic acids is 1. The Bertz CT molecular complexity index is 392. The Hall–Kier alpha value is -1.43. The summed E-state index contributed by atoms with van der Waals surface area (Å²) in [5.74, 6) is -1.10. The summed E-state index contributed by atoms with van der Waals surface area (Å²) >= 11 is 1.49. The van der Waals surface area contributed by atoms with Crippen LogP contribution in [0.3, 0.4) is 0 Å². The standard InChI is InChI=1S/C12H18N2O3S/c1-3-9(2)14(6-12(16)17)11(15)5-4-10-7-18-8-13-10/h7-9H,3-6H2,1-2H3,(H,16,17). The topological polar surface area (TPSA) is 70.5 Å². The zero-order valence-corrected chi connectivity index (χ0v) is 11.4. The first-order valence-corrected chi connectivity index (χ1v) is 6.87. The van der Waals surface area contributed by atoms with Gasteiger partial charge in [0, 0.05) is 17.8 Å². The number of aryl methyl sites for hydroxylation is 1. The second-order valence-corrected chi connectivity index (χ2v) is 4.87. The molecule has 1 N–H and O–H groups in total. The average Bonchev–Trinajstić information content (AvgIpc) is 2.85. The summed E-state index contributed by atoms with van der Waals surface area (Å²) in [6.07, 6.45) is 1.62. The van der Waals surface area contributed by atoms with Gasteiger partial charge < -0.3 is 10.0 Å². The van der Waals surface area contributed by atoms with Gasteiger partial charge >= 0.3 is 5.97 Å². The van der Waals surface area contributed by atoms with Gasteiger partial charge in [0.15, 0.2) is 0 Å². The molecule has 1 atom stereocenters. The second kappa shape index (κ2) is 7.10. The maximum Gasteiger partial charge on any atom is 0.323 e. The summed E-state index contributed by atoms with van der Waals surface area (Å²) in [7, 11) is 0. The summed E-state index contributed by atoms with van der Waals surface area (Å²) in [4.78, 5) is 28.3. The molecule has 1 aromatic heterocycles. The largest absolute Gasteiger partial charge is 0.480 e. The van der Waals surface area contributed by atoms with Gasteiger partial charge in [-0.15, -0.1) is 11.3 Å². The number of amides is 1. The van der Waals surface area contributed by atoms with Gasteiger partial charge in [-0.2, -0.15) is 0 Å². The summed E-state index contributed by atoms with van der Waals surface area (Å²) < 4.78 is 0. The van der Waals surface area contributed by atoms with Crippen molar-refractivity contribution in [3.8, 4) is 0 Å². The van der Waals surface area contributed by atoms with Gasteiger partial charge in [-0.3, -0.25) is 9.59 Å². The van der Waals surface area contributed by atoms with Gasteiger partial charge in [-0.05, 0) is 19.8 Å². The van der Waals surface area contributed by atoms with Crippen molar-refractivity contribution < 1.29 is 14.7 Å². The minimum absolute atomic E-state index is 0.0518. The third-order valence-corrected chi connectivity index (χ3v) is 3.46. The Morgan fingerprint density at radius 2 is 2.28 bits per heavy atom. The number of aromatic nitrogens is 1. The van der Waals surface area contributed by atoms with Crippen molar-refractivity contribution in [2.45, 2.75) is 39.2 Å². The zero-order valence-electron chi connectivity index (χ0n) is 10.6. The van der Waals surface area contributed by atoms with Crippen molar-refractivity contribution in [3.05, 3.63) is 16.6 Å². The molecule has 1 heterocycles. The van der Waals surface area contributed by atoms with Gasteiger partial charge in [-0.1, -0.05) is 6.92 Å². The van der Waals surface area contributed by atoms with Crippen LogP contribution in [0.1, 0.15) is 32.4 Å². The van der Waals surface area contributed by atoms with Gasteiger partial charge in [0.1, 0.15) is 6.54 Å². The number of thiazole rings is 1. The van der Waals surface area contributed by atoms with E-state index in [-0.39, 0.29) is 18.5 Å². The van der Waals surface area contributed by atoms with E-state index in [2.05, 4.69) is 4.98 Å². The van der Waals surface area contributed by atoms with Crippen molar-refractivity contribution in [2.75, 3.05) is 6.54 Å². The third-order valence-electron chi connectivity index (χ3n) is 2.83. The van der Waals surface area contributed by atoms with Crippen molar-refractivity contribution in [2.24, 2.45) is 0 Å². The molecule has 5 nitrogen and oxygen atoms in total. The number of aliphatic carboxylic acids is 1. The molecule has 0 saturated heterocycles. The molecule has 0 fully saturated rings. The quantitative estimate of drug-likeness (QED) is 0.820. The first-order valence-electron chi connectivity index (χ1n) is 5.93. The lowest BCUT2D eigenvalue weighted by molar-refractivity contribution is -0.146. The van der Waals surface area contributed by atoms with Crippen LogP contribution >= 0.6 is 11.3 Å². The van der Waals surface area contributed by atoms with Crippen molar-refractivity contribution in [3.63, 3.8) is 0 Å². The van der Waals surface area contributed by atoms with Crippen LogP contribution in [0.2, 0.25) is 0 Å². The smallest absolute Gasteiger partial charge is 0.323 e. The number of nitrogens with zero attached hydrogens (tertiary/aromatic N) is 2. The maximum absolute atomic E-state index is 12.0. The number of hydrogen-bond acceptors (Lipinski definition) is 4. The summed E-state index contributed by atoms with van der Waals surface area (Å²) in [5.41, 5.74) is 2.61. The number of hydrogen-bond donors (Lipinski definition) is 1. The molecule has 18 heavy (non-hydrogen) atoms. The minimum Gasteiger partial charge on any atom is -0.480 e. The predicted octanol–water partition coefficient (Wildman–Crippen LogP) is 1.79. The SMILES string of the molecule is CCC(C)N(CC(=O)O)C(=O)CCc1cscn1. The van der Waals surface area contributed by atoms with Crippen molar-refractivity contribution in [1.29, 1.82) is 0 Å². The van der Waals surface area contributed by atoms with Crippen LogP contribution in [-0.2, 0) is 16.0 Å². The Kier molecular flexibility index (Phi) is 5.77. The number of carboxylic acids is 1. The molecule has 0 spiro atoms. The molecule has 1 aromatic rings. The Balaban J connectivity index is 2.55. The van der Waals surface area contributed by atoms with E-state index < -0.39 is 5.97 Å². The molecule has 0 radical (unpaired) electrons. The van der Waals surface area contributed by atoms with E-state index in [1.807, 2.05) is 19.2 Å². The Morgan fingerprint density at radius 1 is 1.56 bits per heavy atom. The van der Waals surface area contributed by atoms with Crippen LogP contribution in [0, 0.1) is 0 Å². The maximum atomic E-state index is 12.0. The first kappa shape index (κ1) is 14.6. The predicted molar refractivity (Wildman–Crippen MR) is 69.5 cm³/mol. The molecule has 1 amide bonds. The highest BCUT2D eigenvalue weighted by molar-refractivity contribution is 7.07. The highest BCUT2D eigenvalue weighted by atomic mass is 32.1. The number of carbonyl (C=O) groups is 2. The highest BCUT2D eigenvalue weighted by Gasteiger charge is 2.21. The van der Waals surface area contributed by atoms with Crippen LogP contribution in [0.5, 0.6) is 0 Å². The molecule has 0 aliphatic heterocycles. The zero-order chi connectivity index (χ0) is 13.5. The van der Waals surface area contributed by atoms with Crippen LogP contribution in [-0.4, -0.2) is 39.5 Å². The van der Waals surface area contributed by atoms with Gasteiger partial charge in [0.05, 0.1) is 11.2 Å². The first-order chi connectivity index (χ1) is 8.54. The van der Waals surface area contributed by atoms with Gasteiger partial charge in [0.2, 0.25) is 5.91 Å². The normalized spacial score (nSPS) is 12.1. The van der Waals surface area contributed by atoms with E-state index in [4.69, 9.17) is 5.11 Å². The highest BCUT2D eigenvalue weighted by Crippen LogP contribution is 2.09. The van der Waals surface area contributed by atoms with Gasteiger partial charge in [0.25, 0.3) is 0 Å². The average molecular weight is 270 g/mol. The van der Waals surface area contributed by atoms with E-state index in [1.54, 1.807) is 5.51 Å². The fourth-order valence-corrected chi connectivity index (χ4v) is 2.19. The lowest BCUT2D eigenvalue weighted by Gasteiger charge is -2.26. The van der Waals surface area contributed by atoms with Crippen LogP contribution in [0.15, 0.2) is 10.9 Å². The molecule has 0 saturated carbocycles. The lowest BCUT2D eigenvalue weighted by Crippen LogP contribution is -2.41. The molecule has 0 aromatic carbocycles. The fourth-order valence-electron chi connectivity index (χ4n) is 1.60. The molecule has 0 aliphatic carbocycles. The molecule has 0 bridgehead atoms. The van der Waals surface area contributed by atoms with E-state index in [0.29, 0.717) is 12.8 Å². The molecule has 1 rings (SSSR count).